The monoisotopic (exact) mass is 360 g/mol. The number of carbonyl (C=O) groups is 2. The van der Waals surface area contributed by atoms with Gasteiger partial charge in [-0.05, 0) is 31.7 Å². The first-order valence-electron chi connectivity index (χ1n) is 9.88. The average molecular weight is 360 g/mol. The Hall–Kier alpha value is -1.89. The van der Waals surface area contributed by atoms with Gasteiger partial charge in [-0.15, -0.1) is 0 Å². The number of aryl methyl sites for hydroxylation is 1. The number of aliphatic hydroxyl groups is 1. The Balaban J connectivity index is 1.34. The van der Waals surface area contributed by atoms with Crippen LogP contribution in [0.5, 0.6) is 0 Å². The number of fused-ring (bicyclic) bond motifs is 1. The van der Waals surface area contributed by atoms with Gasteiger partial charge in [0.1, 0.15) is 5.60 Å². The van der Waals surface area contributed by atoms with Gasteiger partial charge in [0.05, 0.1) is 0 Å². The van der Waals surface area contributed by atoms with Crippen molar-refractivity contribution in [2.45, 2.75) is 57.1 Å². The standard InChI is InChI=1S/C19H28N4O3/c24-17(15-5-11-23-16(14-15)4-8-20-23)21-12-6-19(26,7-13-21)18(25)22-9-2-1-3-10-22/h4,8,15,26H,1-3,5-7,9-14H2. The van der Waals surface area contributed by atoms with E-state index in [1.165, 1.54) is 0 Å². The van der Waals surface area contributed by atoms with Gasteiger partial charge < -0.3 is 14.9 Å². The van der Waals surface area contributed by atoms with E-state index in [9.17, 15) is 14.7 Å². The molecule has 1 aromatic rings. The number of rotatable bonds is 2. The highest BCUT2D eigenvalue weighted by atomic mass is 16.3. The van der Waals surface area contributed by atoms with Gasteiger partial charge in [0, 0.05) is 69.8 Å². The fraction of sp³-hybridized carbons (Fsp3) is 0.737. The average Bonchev–Trinajstić information content (AvgIpc) is 3.16. The summed E-state index contributed by atoms with van der Waals surface area (Å²) in [5.41, 5.74) is -0.178. The molecule has 3 aliphatic heterocycles. The van der Waals surface area contributed by atoms with E-state index in [2.05, 4.69) is 5.10 Å². The van der Waals surface area contributed by atoms with Crippen molar-refractivity contribution in [2.75, 3.05) is 26.2 Å². The van der Waals surface area contributed by atoms with E-state index in [1.54, 1.807) is 6.20 Å². The van der Waals surface area contributed by atoms with Crippen LogP contribution in [0.1, 0.15) is 44.2 Å². The van der Waals surface area contributed by atoms with E-state index in [4.69, 9.17) is 0 Å². The first-order valence-corrected chi connectivity index (χ1v) is 9.88. The smallest absolute Gasteiger partial charge is 0.254 e. The second-order valence-electron chi connectivity index (χ2n) is 7.95. The summed E-state index contributed by atoms with van der Waals surface area (Å²) in [4.78, 5) is 29.3. The summed E-state index contributed by atoms with van der Waals surface area (Å²) < 4.78 is 1.97. The molecule has 1 unspecified atom stereocenters. The normalized spacial score (nSPS) is 25.7. The molecule has 2 fully saturated rings. The van der Waals surface area contributed by atoms with Crippen LogP contribution in [0, 0.1) is 5.92 Å². The molecule has 4 rings (SSSR count). The van der Waals surface area contributed by atoms with Crippen LogP contribution in [0.3, 0.4) is 0 Å². The number of nitrogens with zero attached hydrogens (tertiary/aromatic N) is 4. The largest absolute Gasteiger partial charge is 0.380 e. The van der Waals surface area contributed by atoms with Gasteiger partial charge in [0.25, 0.3) is 5.91 Å². The minimum atomic E-state index is -1.29. The molecule has 4 heterocycles. The minimum absolute atomic E-state index is 0.0109. The van der Waals surface area contributed by atoms with E-state index in [0.717, 1.165) is 57.4 Å². The molecule has 142 valence electrons. The highest BCUT2D eigenvalue weighted by Crippen LogP contribution is 2.29. The van der Waals surface area contributed by atoms with Crippen LogP contribution >= 0.6 is 0 Å². The van der Waals surface area contributed by atoms with Crippen molar-refractivity contribution in [3.8, 4) is 0 Å². The van der Waals surface area contributed by atoms with Crippen molar-refractivity contribution in [1.29, 1.82) is 0 Å². The summed E-state index contributed by atoms with van der Waals surface area (Å²) in [6.07, 6.45) is 7.21. The lowest BCUT2D eigenvalue weighted by Crippen LogP contribution is -2.57. The zero-order chi connectivity index (χ0) is 18.1. The molecule has 7 nitrogen and oxygen atoms in total. The van der Waals surface area contributed by atoms with Crippen LogP contribution in [0.15, 0.2) is 12.3 Å². The van der Waals surface area contributed by atoms with Gasteiger partial charge in [-0.1, -0.05) is 0 Å². The van der Waals surface area contributed by atoms with Crippen LogP contribution < -0.4 is 0 Å². The molecular weight excluding hydrogens is 332 g/mol. The molecule has 3 aliphatic rings. The maximum Gasteiger partial charge on any atom is 0.254 e. The zero-order valence-electron chi connectivity index (χ0n) is 15.3. The van der Waals surface area contributed by atoms with Crippen molar-refractivity contribution in [3.05, 3.63) is 18.0 Å². The molecule has 1 aromatic heterocycles. The number of carbonyl (C=O) groups excluding carboxylic acids is 2. The first kappa shape index (κ1) is 17.5. The third-order valence-electron chi connectivity index (χ3n) is 6.24. The summed E-state index contributed by atoms with van der Waals surface area (Å²) in [6, 6.07) is 1.98. The Labute approximate surface area is 153 Å². The van der Waals surface area contributed by atoms with Gasteiger partial charge >= 0.3 is 0 Å². The lowest BCUT2D eigenvalue weighted by molar-refractivity contribution is -0.160. The van der Waals surface area contributed by atoms with Crippen LogP contribution in [0.4, 0.5) is 0 Å². The number of piperidine rings is 2. The molecule has 7 heteroatoms. The van der Waals surface area contributed by atoms with Crippen molar-refractivity contribution >= 4 is 11.8 Å². The molecule has 1 N–H and O–H groups in total. The topological polar surface area (TPSA) is 78.7 Å². The molecule has 1 atom stereocenters. The Morgan fingerprint density at radius 2 is 1.77 bits per heavy atom. The lowest BCUT2D eigenvalue weighted by Gasteiger charge is -2.41. The van der Waals surface area contributed by atoms with Crippen molar-refractivity contribution in [1.82, 2.24) is 19.6 Å². The van der Waals surface area contributed by atoms with E-state index in [0.29, 0.717) is 25.9 Å². The Kier molecular flexibility index (Phi) is 4.73. The summed E-state index contributed by atoms with van der Waals surface area (Å²) >= 11 is 0. The molecule has 0 radical (unpaired) electrons. The fourth-order valence-electron chi connectivity index (χ4n) is 4.54. The quantitative estimate of drug-likeness (QED) is 0.847. The predicted octanol–water partition coefficient (Wildman–Crippen LogP) is 0.811. The van der Waals surface area contributed by atoms with Crippen LogP contribution in [0.25, 0.3) is 0 Å². The van der Waals surface area contributed by atoms with Gasteiger partial charge in [-0.3, -0.25) is 14.3 Å². The first-order chi connectivity index (χ1) is 12.6. The third kappa shape index (κ3) is 3.24. The number of aromatic nitrogens is 2. The van der Waals surface area contributed by atoms with Gasteiger partial charge in [-0.2, -0.15) is 5.10 Å². The minimum Gasteiger partial charge on any atom is -0.380 e. The van der Waals surface area contributed by atoms with Gasteiger partial charge in [0.15, 0.2) is 0 Å². The van der Waals surface area contributed by atoms with Crippen molar-refractivity contribution in [3.63, 3.8) is 0 Å². The third-order valence-corrected chi connectivity index (χ3v) is 6.24. The lowest BCUT2D eigenvalue weighted by atomic mass is 9.87. The second kappa shape index (κ2) is 7.02. The molecular formula is C19H28N4O3. The molecule has 2 saturated heterocycles. The predicted molar refractivity (Wildman–Crippen MR) is 95.2 cm³/mol. The molecule has 0 saturated carbocycles. The summed E-state index contributed by atoms with van der Waals surface area (Å²) in [6.45, 7) is 3.21. The summed E-state index contributed by atoms with van der Waals surface area (Å²) in [5, 5.41) is 15.1. The number of amides is 2. The molecule has 0 bridgehead atoms. The van der Waals surface area contributed by atoms with Crippen LogP contribution in [-0.2, 0) is 22.6 Å². The number of hydrogen-bond acceptors (Lipinski definition) is 4. The van der Waals surface area contributed by atoms with E-state index in [1.807, 2.05) is 20.5 Å². The van der Waals surface area contributed by atoms with Crippen LogP contribution in [-0.4, -0.2) is 68.3 Å². The fourth-order valence-corrected chi connectivity index (χ4v) is 4.54. The molecule has 0 aromatic carbocycles. The van der Waals surface area contributed by atoms with Crippen molar-refractivity contribution < 1.29 is 14.7 Å². The van der Waals surface area contributed by atoms with Crippen molar-refractivity contribution in [2.24, 2.45) is 5.92 Å². The molecule has 2 amide bonds. The van der Waals surface area contributed by atoms with E-state index < -0.39 is 5.60 Å². The van der Waals surface area contributed by atoms with E-state index >= 15 is 0 Å². The second-order valence-corrected chi connectivity index (χ2v) is 7.95. The molecule has 0 aliphatic carbocycles. The SMILES string of the molecule is O=C(C1CCn2nccc2C1)N1CCC(O)(C(=O)N2CCCCC2)CC1. The molecule has 26 heavy (non-hydrogen) atoms. The highest BCUT2D eigenvalue weighted by molar-refractivity contribution is 5.86. The van der Waals surface area contributed by atoms with Gasteiger partial charge in [-0.25, -0.2) is 0 Å². The zero-order valence-corrected chi connectivity index (χ0v) is 15.3. The Bertz CT molecular complexity index is 672. The number of likely N-dealkylation sites (tertiary alicyclic amines) is 2. The van der Waals surface area contributed by atoms with Crippen LogP contribution in [0.2, 0.25) is 0 Å². The Morgan fingerprint density at radius 3 is 2.50 bits per heavy atom. The number of hydrogen-bond donors (Lipinski definition) is 1. The Morgan fingerprint density at radius 1 is 1.04 bits per heavy atom. The molecule has 0 spiro atoms. The van der Waals surface area contributed by atoms with E-state index in [-0.39, 0.29) is 17.7 Å². The summed E-state index contributed by atoms with van der Waals surface area (Å²) in [5.74, 6) is 0.0129. The maximum absolute atomic E-state index is 12.9. The highest BCUT2D eigenvalue weighted by Gasteiger charge is 2.43. The van der Waals surface area contributed by atoms with Gasteiger partial charge in [0.2, 0.25) is 5.91 Å². The maximum atomic E-state index is 12.9. The summed E-state index contributed by atoms with van der Waals surface area (Å²) in [7, 11) is 0.